The maximum absolute atomic E-state index is 13.4. The lowest BCUT2D eigenvalue weighted by Gasteiger charge is -2.22. The number of unbranched alkanes of at least 4 members (excludes halogenated alkanes) is 2. The minimum atomic E-state index is -3.13. The third-order valence-corrected chi connectivity index (χ3v) is 5.50. The van der Waals surface area contributed by atoms with Gasteiger partial charge in [-0.25, -0.2) is 9.78 Å². The molecule has 1 amide bonds. The second kappa shape index (κ2) is 11.6. The predicted molar refractivity (Wildman–Crippen MR) is 114 cm³/mol. The van der Waals surface area contributed by atoms with Gasteiger partial charge in [0.05, 0.1) is 25.0 Å². The fourth-order valence-corrected chi connectivity index (χ4v) is 3.87. The summed E-state index contributed by atoms with van der Waals surface area (Å²) in [4.78, 5) is 31.7. The fraction of sp³-hybridized carbons (Fsp3) is 0.476. The van der Waals surface area contributed by atoms with Crippen molar-refractivity contribution in [2.24, 2.45) is 0 Å². The van der Waals surface area contributed by atoms with Crippen molar-refractivity contribution in [1.82, 2.24) is 4.98 Å². The summed E-state index contributed by atoms with van der Waals surface area (Å²) < 4.78 is 40.8. The van der Waals surface area contributed by atoms with Crippen LogP contribution in [0.4, 0.5) is 13.9 Å². The standard InChI is InChI=1S/C21H26F2N2O5S/c1-5-7-8-12-25(21-24-13(3)17(31-21)19(27)29-6-2)18(26)14-10-9-11-15(28-4)16(14)30-20(22)23/h9-11,20H,5-8,12H2,1-4H3. The summed E-state index contributed by atoms with van der Waals surface area (Å²) in [5.41, 5.74) is 0.350. The molecular weight excluding hydrogens is 430 g/mol. The van der Waals surface area contributed by atoms with E-state index in [-0.39, 0.29) is 28.8 Å². The number of anilines is 1. The molecule has 0 unspecified atom stereocenters. The highest BCUT2D eigenvalue weighted by Crippen LogP contribution is 2.35. The molecule has 10 heteroatoms. The van der Waals surface area contributed by atoms with Gasteiger partial charge in [-0.2, -0.15) is 8.78 Å². The van der Waals surface area contributed by atoms with Gasteiger partial charge in [0.1, 0.15) is 4.88 Å². The maximum atomic E-state index is 13.4. The van der Waals surface area contributed by atoms with Crippen LogP contribution in [0.1, 0.15) is 58.8 Å². The molecule has 0 saturated heterocycles. The number of hydrogen-bond acceptors (Lipinski definition) is 7. The number of rotatable bonds is 11. The lowest BCUT2D eigenvalue weighted by Crippen LogP contribution is -2.32. The number of benzene rings is 1. The number of aromatic nitrogens is 1. The number of aryl methyl sites for hydroxylation is 1. The summed E-state index contributed by atoms with van der Waals surface area (Å²) in [5.74, 6) is -1.42. The monoisotopic (exact) mass is 456 g/mol. The van der Waals surface area contributed by atoms with Crippen LogP contribution in [0.3, 0.4) is 0 Å². The molecule has 1 heterocycles. The molecule has 0 spiro atoms. The van der Waals surface area contributed by atoms with Gasteiger partial charge in [0, 0.05) is 6.54 Å². The largest absolute Gasteiger partial charge is 0.493 e. The van der Waals surface area contributed by atoms with Crippen LogP contribution in [-0.2, 0) is 4.74 Å². The SMILES string of the molecule is CCCCCN(C(=O)c1cccc(OC)c1OC(F)F)c1nc(C)c(C(=O)OCC)s1. The number of carbonyl (C=O) groups excluding carboxylic acids is 2. The van der Waals surface area contributed by atoms with Crippen LogP contribution in [0, 0.1) is 6.92 Å². The summed E-state index contributed by atoms with van der Waals surface area (Å²) in [6.07, 6.45) is 2.45. The molecule has 1 aromatic heterocycles. The molecule has 170 valence electrons. The van der Waals surface area contributed by atoms with E-state index in [1.54, 1.807) is 13.8 Å². The Balaban J connectivity index is 2.49. The van der Waals surface area contributed by atoms with Gasteiger partial charge in [-0.3, -0.25) is 9.69 Å². The smallest absolute Gasteiger partial charge is 0.387 e. The van der Waals surface area contributed by atoms with E-state index in [0.717, 1.165) is 24.2 Å². The van der Waals surface area contributed by atoms with Crippen molar-refractivity contribution in [2.45, 2.75) is 46.6 Å². The molecule has 7 nitrogen and oxygen atoms in total. The number of carbonyl (C=O) groups is 2. The van der Waals surface area contributed by atoms with Crippen LogP contribution in [-0.4, -0.2) is 43.7 Å². The predicted octanol–water partition coefficient (Wildman–Crippen LogP) is 5.08. The van der Waals surface area contributed by atoms with E-state index in [1.165, 1.54) is 30.2 Å². The number of nitrogens with zero attached hydrogens (tertiary/aromatic N) is 2. The highest BCUT2D eigenvalue weighted by molar-refractivity contribution is 7.17. The molecule has 2 rings (SSSR count). The zero-order chi connectivity index (χ0) is 23.0. The number of hydrogen-bond donors (Lipinski definition) is 0. The molecule has 1 aromatic carbocycles. The van der Waals surface area contributed by atoms with E-state index >= 15 is 0 Å². The highest BCUT2D eigenvalue weighted by Gasteiger charge is 2.28. The molecular formula is C21H26F2N2O5S. The summed E-state index contributed by atoms with van der Waals surface area (Å²) in [6, 6.07) is 4.34. The number of para-hydroxylation sites is 1. The fourth-order valence-electron chi connectivity index (χ4n) is 2.89. The molecule has 0 radical (unpaired) electrons. The average Bonchev–Trinajstić information content (AvgIpc) is 3.12. The second-order valence-electron chi connectivity index (χ2n) is 6.51. The first-order valence-electron chi connectivity index (χ1n) is 9.92. The Kier molecular flexibility index (Phi) is 9.17. The highest BCUT2D eigenvalue weighted by atomic mass is 32.1. The van der Waals surface area contributed by atoms with Crippen LogP contribution in [0.5, 0.6) is 11.5 Å². The van der Waals surface area contributed by atoms with Gasteiger partial charge in [0.25, 0.3) is 5.91 Å². The normalized spacial score (nSPS) is 10.8. The molecule has 0 aliphatic rings. The van der Waals surface area contributed by atoms with E-state index in [4.69, 9.17) is 9.47 Å². The number of methoxy groups -OCH3 is 1. The van der Waals surface area contributed by atoms with Crippen LogP contribution in [0.25, 0.3) is 0 Å². The van der Waals surface area contributed by atoms with Crippen molar-refractivity contribution in [1.29, 1.82) is 0 Å². The first kappa shape index (κ1) is 24.5. The van der Waals surface area contributed by atoms with Crippen LogP contribution < -0.4 is 14.4 Å². The van der Waals surface area contributed by atoms with Crippen molar-refractivity contribution < 1.29 is 32.6 Å². The van der Waals surface area contributed by atoms with Crippen LogP contribution in [0.2, 0.25) is 0 Å². The Hall–Kier alpha value is -2.75. The summed E-state index contributed by atoms with van der Waals surface area (Å²) in [6.45, 7) is 2.75. The molecule has 0 N–H and O–H groups in total. The minimum Gasteiger partial charge on any atom is -0.493 e. The van der Waals surface area contributed by atoms with Crippen molar-refractivity contribution in [3.8, 4) is 11.5 Å². The number of esters is 1. The first-order chi connectivity index (χ1) is 14.8. The lowest BCUT2D eigenvalue weighted by atomic mass is 10.1. The van der Waals surface area contributed by atoms with E-state index in [1.807, 2.05) is 6.92 Å². The number of amides is 1. The number of thiazole rings is 1. The average molecular weight is 457 g/mol. The molecule has 0 saturated carbocycles. The minimum absolute atomic E-state index is 0.0159. The van der Waals surface area contributed by atoms with E-state index < -0.39 is 18.5 Å². The van der Waals surface area contributed by atoms with Gasteiger partial charge >= 0.3 is 12.6 Å². The van der Waals surface area contributed by atoms with Crippen LogP contribution >= 0.6 is 11.3 Å². The molecule has 0 atom stereocenters. The Bertz CT molecular complexity index is 904. The quantitative estimate of drug-likeness (QED) is 0.347. The Morgan fingerprint density at radius 2 is 1.97 bits per heavy atom. The van der Waals surface area contributed by atoms with Crippen molar-refractivity contribution in [3.05, 3.63) is 34.3 Å². The van der Waals surface area contributed by atoms with Gasteiger partial charge in [0.15, 0.2) is 16.6 Å². The molecule has 0 aliphatic carbocycles. The van der Waals surface area contributed by atoms with E-state index in [2.05, 4.69) is 9.72 Å². The van der Waals surface area contributed by atoms with Crippen LogP contribution in [0.15, 0.2) is 18.2 Å². The Labute approximate surface area is 183 Å². The van der Waals surface area contributed by atoms with Gasteiger partial charge in [-0.15, -0.1) is 0 Å². The third-order valence-electron chi connectivity index (χ3n) is 4.34. The first-order valence-corrected chi connectivity index (χ1v) is 10.7. The van der Waals surface area contributed by atoms with Crippen molar-refractivity contribution in [2.75, 3.05) is 25.2 Å². The zero-order valence-electron chi connectivity index (χ0n) is 17.9. The van der Waals surface area contributed by atoms with E-state index in [9.17, 15) is 18.4 Å². The van der Waals surface area contributed by atoms with E-state index in [0.29, 0.717) is 23.5 Å². The number of ether oxygens (including phenoxy) is 3. The Morgan fingerprint density at radius 3 is 2.58 bits per heavy atom. The van der Waals surface area contributed by atoms with Gasteiger partial charge < -0.3 is 14.2 Å². The van der Waals surface area contributed by atoms with Crippen molar-refractivity contribution in [3.63, 3.8) is 0 Å². The molecule has 0 fully saturated rings. The molecule has 31 heavy (non-hydrogen) atoms. The second-order valence-corrected chi connectivity index (χ2v) is 7.49. The maximum Gasteiger partial charge on any atom is 0.387 e. The zero-order valence-corrected chi connectivity index (χ0v) is 18.8. The van der Waals surface area contributed by atoms with Gasteiger partial charge in [-0.1, -0.05) is 37.2 Å². The third kappa shape index (κ3) is 6.13. The number of alkyl halides is 2. The summed E-state index contributed by atoms with van der Waals surface area (Å²) >= 11 is 1.03. The number of halogens is 2. The van der Waals surface area contributed by atoms with Crippen molar-refractivity contribution >= 4 is 28.3 Å². The van der Waals surface area contributed by atoms with Gasteiger partial charge in [-0.05, 0) is 32.4 Å². The lowest BCUT2D eigenvalue weighted by molar-refractivity contribution is -0.0515. The summed E-state index contributed by atoms with van der Waals surface area (Å²) in [7, 11) is 1.30. The Morgan fingerprint density at radius 1 is 1.23 bits per heavy atom. The molecule has 0 aliphatic heterocycles. The topological polar surface area (TPSA) is 78.0 Å². The van der Waals surface area contributed by atoms with Gasteiger partial charge in [0.2, 0.25) is 0 Å². The molecule has 2 aromatic rings. The summed E-state index contributed by atoms with van der Waals surface area (Å²) in [5, 5.41) is 0.285. The molecule has 0 bridgehead atoms.